The van der Waals surface area contributed by atoms with E-state index >= 15 is 0 Å². The SMILES string of the molecule is O=C(c1ccccc1-c1ccccc1F)N1C[C@@H](Cc2cnccn2)[C@H](O)C1. The number of aromatic nitrogens is 2. The molecule has 2 aromatic carbocycles. The second-order valence-electron chi connectivity index (χ2n) is 6.96. The molecule has 2 heterocycles. The molecule has 1 amide bonds. The van der Waals surface area contributed by atoms with Crippen LogP contribution in [0.4, 0.5) is 4.39 Å². The largest absolute Gasteiger partial charge is 0.391 e. The first-order valence-electron chi connectivity index (χ1n) is 9.19. The van der Waals surface area contributed by atoms with Gasteiger partial charge in [-0.15, -0.1) is 0 Å². The molecule has 28 heavy (non-hydrogen) atoms. The summed E-state index contributed by atoms with van der Waals surface area (Å²) in [5, 5.41) is 10.4. The molecule has 1 aliphatic rings. The summed E-state index contributed by atoms with van der Waals surface area (Å²) in [6, 6.07) is 13.4. The van der Waals surface area contributed by atoms with Crippen molar-refractivity contribution in [2.45, 2.75) is 12.5 Å². The number of aliphatic hydroxyl groups excluding tert-OH is 1. The van der Waals surface area contributed by atoms with E-state index in [0.29, 0.717) is 29.7 Å². The van der Waals surface area contributed by atoms with Gasteiger partial charge in [-0.1, -0.05) is 36.4 Å². The summed E-state index contributed by atoms with van der Waals surface area (Å²) in [5.41, 5.74) is 2.16. The first kappa shape index (κ1) is 18.3. The standard InChI is InChI=1S/C22H20FN3O2/c23-20-8-4-3-6-18(20)17-5-1-2-7-19(17)22(28)26-13-15(21(27)14-26)11-16-12-24-9-10-25-16/h1-10,12,15,21,27H,11,13-14H2/t15-,21-/m1/s1. The van der Waals surface area contributed by atoms with Crippen LogP contribution < -0.4 is 0 Å². The van der Waals surface area contributed by atoms with Crippen LogP contribution in [-0.4, -0.2) is 45.1 Å². The van der Waals surface area contributed by atoms with E-state index in [0.717, 1.165) is 5.69 Å². The van der Waals surface area contributed by atoms with Gasteiger partial charge in [-0.2, -0.15) is 0 Å². The maximum absolute atomic E-state index is 14.3. The van der Waals surface area contributed by atoms with Crippen LogP contribution in [0.15, 0.2) is 67.1 Å². The van der Waals surface area contributed by atoms with Crippen LogP contribution in [0, 0.1) is 11.7 Å². The average molecular weight is 377 g/mol. The average Bonchev–Trinajstić information content (AvgIpc) is 3.09. The molecule has 1 saturated heterocycles. The van der Waals surface area contributed by atoms with Crippen molar-refractivity contribution in [1.29, 1.82) is 0 Å². The van der Waals surface area contributed by atoms with Gasteiger partial charge >= 0.3 is 0 Å². The predicted molar refractivity (Wildman–Crippen MR) is 103 cm³/mol. The fraction of sp³-hybridized carbons (Fsp3) is 0.227. The highest BCUT2D eigenvalue weighted by atomic mass is 19.1. The molecule has 0 unspecified atom stereocenters. The molecule has 6 heteroatoms. The first-order valence-corrected chi connectivity index (χ1v) is 9.19. The number of benzene rings is 2. The van der Waals surface area contributed by atoms with Crippen molar-refractivity contribution in [2.75, 3.05) is 13.1 Å². The Morgan fingerprint density at radius 2 is 1.82 bits per heavy atom. The van der Waals surface area contributed by atoms with Gasteiger partial charge in [0.1, 0.15) is 5.82 Å². The van der Waals surface area contributed by atoms with Crippen molar-refractivity contribution in [2.24, 2.45) is 5.92 Å². The number of carbonyl (C=O) groups excluding carboxylic acids is 1. The molecular formula is C22H20FN3O2. The van der Waals surface area contributed by atoms with Gasteiger partial charge in [0.25, 0.3) is 5.91 Å². The summed E-state index contributed by atoms with van der Waals surface area (Å²) in [6.07, 6.45) is 4.80. The smallest absolute Gasteiger partial charge is 0.254 e. The Kier molecular flexibility index (Phi) is 5.12. The van der Waals surface area contributed by atoms with Crippen molar-refractivity contribution in [3.8, 4) is 11.1 Å². The third-order valence-electron chi connectivity index (χ3n) is 5.10. The number of aliphatic hydroxyl groups is 1. The van der Waals surface area contributed by atoms with Crippen LogP contribution in [0.5, 0.6) is 0 Å². The van der Waals surface area contributed by atoms with Crippen LogP contribution in [0.1, 0.15) is 16.1 Å². The highest BCUT2D eigenvalue weighted by molar-refractivity contribution is 6.01. The lowest BCUT2D eigenvalue weighted by atomic mass is 9.98. The van der Waals surface area contributed by atoms with Gasteiger partial charge in [-0.05, 0) is 24.1 Å². The van der Waals surface area contributed by atoms with Crippen LogP contribution in [0.25, 0.3) is 11.1 Å². The number of likely N-dealkylation sites (tertiary alicyclic amines) is 1. The Bertz CT molecular complexity index is 980. The first-order chi connectivity index (χ1) is 13.6. The van der Waals surface area contributed by atoms with Crippen molar-refractivity contribution in [3.05, 3.63) is 84.2 Å². The number of nitrogens with zero attached hydrogens (tertiary/aromatic N) is 3. The fourth-order valence-electron chi connectivity index (χ4n) is 3.68. The number of amides is 1. The highest BCUT2D eigenvalue weighted by Gasteiger charge is 2.35. The van der Waals surface area contributed by atoms with Gasteiger partial charge in [0, 0.05) is 48.7 Å². The minimum Gasteiger partial charge on any atom is -0.391 e. The molecule has 1 fully saturated rings. The van der Waals surface area contributed by atoms with Crippen molar-refractivity contribution in [3.63, 3.8) is 0 Å². The number of rotatable bonds is 4. The van der Waals surface area contributed by atoms with Crippen molar-refractivity contribution < 1.29 is 14.3 Å². The van der Waals surface area contributed by atoms with E-state index < -0.39 is 6.10 Å². The Morgan fingerprint density at radius 3 is 2.57 bits per heavy atom. The van der Waals surface area contributed by atoms with E-state index in [9.17, 15) is 14.3 Å². The van der Waals surface area contributed by atoms with Gasteiger partial charge in [0.05, 0.1) is 11.8 Å². The Balaban J connectivity index is 1.57. The zero-order chi connectivity index (χ0) is 19.5. The molecular weight excluding hydrogens is 357 g/mol. The van der Waals surface area contributed by atoms with Gasteiger partial charge < -0.3 is 10.0 Å². The molecule has 2 atom stereocenters. The lowest BCUT2D eigenvalue weighted by molar-refractivity contribution is 0.0765. The van der Waals surface area contributed by atoms with Crippen LogP contribution in [-0.2, 0) is 6.42 Å². The number of hydrogen-bond acceptors (Lipinski definition) is 4. The number of halogens is 1. The second kappa shape index (κ2) is 7.86. The third-order valence-corrected chi connectivity index (χ3v) is 5.10. The third kappa shape index (κ3) is 3.64. The van der Waals surface area contributed by atoms with E-state index in [1.54, 1.807) is 66.0 Å². The molecule has 0 aliphatic carbocycles. The monoisotopic (exact) mass is 377 g/mol. The number of hydrogen-bond donors (Lipinski definition) is 1. The van der Waals surface area contributed by atoms with Gasteiger partial charge in [-0.3, -0.25) is 14.8 Å². The Hall–Kier alpha value is -3.12. The molecule has 4 rings (SSSR count). The van der Waals surface area contributed by atoms with Crippen LogP contribution in [0.3, 0.4) is 0 Å². The topological polar surface area (TPSA) is 66.3 Å². The molecule has 1 aromatic heterocycles. The Morgan fingerprint density at radius 1 is 1.07 bits per heavy atom. The van der Waals surface area contributed by atoms with Crippen molar-refractivity contribution in [1.82, 2.24) is 14.9 Å². The molecule has 0 spiro atoms. The van der Waals surface area contributed by atoms with E-state index in [4.69, 9.17) is 0 Å². The fourth-order valence-corrected chi connectivity index (χ4v) is 3.68. The van der Waals surface area contributed by atoms with Gasteiger partial charge in [0.15, 0.2) is 0 Å². The minimum absolute atomic E-state index is 0.110. The van der Waals surface area contributed by atoms with Crippen LogP contribution >= 0.6 is 0 Å². The summed E-state index contributed by atoms with van der Waals surface area (Å²) < 4.78 is 14.3. The maximum atomic E-state index is 14.3. The highest BCUT2D eigenvalue weighted by Crippen LogP contribution is 2.29. The second-order valence-corrected chi connectivity index (χ2v) is 6.96. The van der Waals surface area contributed by atoms with Gasteiger partial charge in [-0.25, -0.2) is 4.39 Å². The molecule has 5 nitrogen and oxygen atoms in total. The molecule has 1 aliphatic heterocycles. The summed E-state index contributed by atoms with van der Waals surface area (Å²) >= 11 is 0. The molecule has 0 radical (unpaired) electrons. The van der Waals surface area contributed by atoms with Gasteiger partial charge in [0.2, 0.25) is 0 Å². The summed E-state index contributed by atoms with van der Waals surface area (Å²) in [6.45, 7) is 0.664. The Labute approximate surface area is 162 Å². The molecule has 0 bridgehead atoms. The molecule has 1 N–H and O–H groups in total. The van der Waals surface area contributed by atoms with Crippen LogP contribution in [0.2, 0.25) is 0 Å². The summed E-state index contributed by atoms with van der Waals surface area (Å²) in [4.78, 5) is 23.1. The van der Waals surface area contributed by atoms with E-state index in [-0.39, 0.29) is 24.2 Å². The normalized spacial score (nSPS) is 19.0. The van der Waals surface area contributed by atoms with Crippen molar-refractivity contribution >= 4 is 5.91 Å². The molecule has 142 valence electrons. The zero-order valence-electron chi connectivity index (χ0n) is 15.2. The maximum Gasteiger partial charge on any atom is 0.254 e. The lowest BCUT2D eigenvalue weighted by Crippen LogP contribution is -2.30. The number of carbonyl (C=O) groups is 1. The lowest BCUT2D eigenvalue weighted by Gasteiger charge is -2.18. The summed E-state index contributed by atoms with van der Waals surface area (Å²) in [5.74, 6) is -0.689. The number of β-amino-alcohol motifs (C(OH)–C–C–N with tert-alkyl or cyclic N) is 1. The van der Waals surface area contributed by atoms with E-state index in [1.165, 1.54) is 6.07 Å². The predicted octanol–water partition coefficient (Wildman–Crippen LogP) is 2.96. The molecule has 0 saturated carbocycles. The minimum atomic E-state index is -0.633. The zero-order valence-corrected chi connectivity index (χ0v) is 15.2. The molecule has 3 aromatic rings. The van der Waals surface area contributed by atoms with E-state index in [1.807, 2.05) is 0 Å². The summed E-state index contributed by atoms with van der Waals surface area (Å²) in [7, 11) is 0. The van der Waals surface area contributed by atoms with E-state index in [2.05, 4.69) is 9.97 Å². The quantitative estimate of drug-likeness (QED) is 0.759.